The Morgan fingerprint density at radius 3 is 2.54 bits per heavy atom. The van der Waals surface area contributed by atoms with Gasteiger partial charge >= 0.3 is 51.4 Å². The fourth-order valence-corrected chi connectivity index (χ4v) is 1.28. The van der Waals surface area contributed by atoms with Crippen LogP contribution in [0.3, 0.4) is 0 Å². The molecule has 0 atom stereocenters. The van der Waals surface area contributed by atoms with Crippen molar-refractivity contribution in [1.29, 1.82) is 0 Å². The third-order valence-electron chi connectivity index (χ3n) is 1.34. The fraction of sp³-hybridized carbons (Fsp3) is 0.143. The predicted molar refractivity (Wildman–Crippen MR) is 43.9 cm³/mol. The summed E-state index contributed by atoms with van der Waals surface area (Å²) in [5.41, 5.74) is 0. The number of methoxy groups -OCH3 is 1. The molecule has 1 aromatic rings. The second-order valence-corrected chi connectivity index (χ2v) is 3.58. The maximum atomic E-state index is 10.6. The number of hydrogen-bond donors (Lipinski definition) is 1. The molecule has 0 spiro atoms. The van der Waals surface area contributed by atoms with E-state index >= 15 is 0 Å². The number of rotatable bonds is 2. The SMILES string of the molecule is COc1cccc(S(=O)(=O)O)c1.[H-].[K+]. The monoisotopic (exact) mass is 228 g/mol. The minimum Gasteiger partial charge on any atom is -1.00 e. The minimum atomic E-state index is -4.12. The first-order valence-corrected chi connectivity index (χ1v) is 4.59. The van der Waals surface area contributed by atoms with Gasteiger partial charge in [-0.15, -0.1) is 0 Å². The maximum Gasteiger partial charge on any atom is 1.00 e. The van der Waals surface area contributed by atoms with E-state index in [4.69, 9.17) is 9.29 Å². The Bertz CT molecular complexity index is 379. The quantitative estimate of drug-likeness (QED) is 0.472. The molecule has 0 aromatic heterocycles. The van der Waals surface area contributed by atoms with Gasteiger partial charge < -0.3 is 6.16 Å². The van der Waals surface area contributed by atoms with Crippen LogP contribution in [0.5, 0.6) is 5.75 Å². The zero-order valence-electron chi connectivity index (χ0n) is 8.39. The van der Waals surface area contributed by atoms with Crippen LogP contribution >= 0.6 is 0 Å². The van der Waals surface area contributed by atoms with E-state index in [0.717, 1.165) is 0 Å². The van der Waals surface area contributed by atoms with Crippen molar-refractivity contribution in [2.24, 2.45) is 0 Å². The topological polar surface area (TPSA) is 63.6 Å². The van der Waals surface area contributed by atoms with Crippen molar-refractivity contribution in [3.8, 4) is 5.75 Å². The van der Waals surface area contributed by atoms with Crippen molar-refractivity contribution in [1.82, 2.24) is 0 Å². The molecule has 68 valence electrons. The molecule has 0 fully saturated rings. The van der Waals surface area contributed by atoms with E-state index in [1.165, 1.54) is 25.3 Å². The van der Waals surface area contributed by atoms with E-state index in [0.29, 0.717) is 5.75 Å². The first-order chi connectivity index (χ1) is 5.54. The normalized spacial score (nSPS) is 10.3. The van der Waals surface area contributed by atoms with Gasteiger partial charge in [0.2, 0.25) is 0 Å². The number of benzene rings is 1. The molecule has 0 aliphatic carbocycles. The first-order valence-electron chi connectivity index (χ1n) is 3.15. The molecule has 1 N–H and O–H groups in total. The second-order valence-electron chi connectivity index (χ2n) is 2.15. The Kier molecular flexibility index (Phi) is 5.69. The predicted octanol–water partition coefficient (Wildman–Crippen LogP) is -1.94. The van der Waals surface area contributed by atoms with Crippen molar-refractivity contribution >= 4 is 10.1 Å². The summed E-state index contributed by atoms with van der Waals surface area (Å²) in [7, 11) is -2.70. The third kappa shape index (κ3) is 4.07. The molecule has 0 saturated carbocycles. The Labute approximate surface area is 121 Å². The molecule has 1 rings (SSSR count). The summed E-state index contributed by atoms with van der Waals surface area (Å²) in [4.78, 5) is -0.165. The molecule has 0 bridgehead atoms. The average molecular weight is 228 g/mol. The Morgan fingerprint density at radius 2 is 2.08 bits per heavy atom. The summed E-state index contributed by atoms with van der Waals surface area (Å²) >= 11 is 0. The van der Waals surface area contributed by atoms with Gasteiger partial charge in [-0.2, -0.15) is 8.42 Å². The van der Waals surface area contributed by atoms with Crippen LogP contribution in [0, 0.1) is 0 Å². The number of ether oxygens (including phenoxy) is 1. The largest absolute Gasteiger partial charge is 1.00 e. The molecule has 13 heavy (non-hydrogen) atoms. The molecule has 4 nitrogen and oxygen atoms in total. The van der Waals surface area contributed by atoms with Gasteiger partial charge in [0.1, 0.15) is 5.75 Å². The van der Waals surface area contributed by atoms with Crippen LogP contribution in [0.25, 0.3) is 0 Å². The van der Waals surface area contributed by atoms with Gasteiger partial charge in [-0.25, -0.2) is 0 Å². The van der Waals surface area contributed by atoms with Gasteiger partial charge in [0, 0.05) is 6.07 Å². The minimum absolute atomic E-state index is 0. The molecule has 6 heteroatoms. The molecular weight excluding hydrogens is 219 g/mol. The molecule has 0 unspecified atom stereocenters. The Hall–Kier alpha value is 0.566. The smallest absolute Gasteiger partial charge is 1.00 e. The van der Waals surface area contributed by atoms with Crippen molar-refractivity contribution < 1.29 is 70.5 Å². The summed E-state index contributed by atoms with van der Waals surface area (Å²) < 4.78 is 34.6. The van der Waals surface area contributed by atoms with Crippen LogP contribution in [-0.4, -0.2) is 20.1 Å². The fourth-order valence-electron chi connectivity index (χ4n) is 0.762. The Morgan fingerprint density at radius 1 is 1.46 bits per heavy atom. The first kappa shape index (κ1) is 13.6. The van der Waals surface area contributed by atoms with Gasteiger partial charge in [-0.05, 0) is 12.1 Å². The van der Waals surface area contributed by atoms with Crippen molar-refractivity contribution in [3.05, 3.63) is 24.3 Å². The van der Waals surface area contributed by atoms with E-state index in [2.05, 4.69) is 0 Å². The van der Waals surface area contributed by atoms with Crippen LogP contribution in [0.4, 0.5) is 0 Å². The molecule has 0 radical (unpaired) electrons. The molecular formula is C7H9KO4S. The zero-order chi connectivity index (χ0) is 9.19. The average Bonchev–Trinajstić information content (AvgIpc) is 2.03. The van der Waals surface area contributed by atoms with E-state index in [1.54, 1.807) is 6.07 Å². The molecule has 1 aromatic carbocycles. The van der Waals surface area contributed by atoms with E-state index in [-0.39, 0.29) is 57.7 Å². The van der Waals surface area contributed by atoms with E-state index < -0.39 is 10.1 Å². The summed E-state index contributed by atoms with van der Waals surface area (Å²) in [6, 6.07) is 5.61. The van der Waals surface area contributed by atoms with Crippen molar-refractivity contribution in [2.75, 3.05) is 7.11 Å². The summed E-state index contributed by atoms with van der Waals surface area (Å²) in [6.45, 7) is 0. The summed E-state index contributed by atoms with van der Waals surface area (Å²) in [5.74, 6) is 0.394. The van der Waals surface area contributed by atoms with Gasteiger partial charge in [-0.1, -0.05) is 6.07 Å². The Balaban J connectivity index is 0. The van der Waals surface area contributed by atoms with Gasteiger partial charge in [0.05, 0.1) is 12.0 Å². The van der Waals surface area contributed by atoms with Crippen LogP contribution in [0.2, 0.25) is 0 Å². The standard InChI is InChI=1S/C7H8O4S.K.H/c1-11-6-3-2-4-7(5-6)12(8,9)10;;/h2-5H,1H3,(H,8,9,10);;/q;+1;-1. The van der Waals surface area contributed by atoms with Gasteiger partial charge in [-0.3, -0.25) is 4.55 Å². The van der Waals surface area contributed by atoms with E-state index in [9.17, 15) is 8.42 Å². The molecule has 0 heterocycles. The van der Waals surface area contributed by atoms with Crippen LogP contribution in [0.1, 0.15) is 1.43 Å². The molecule has 0 aliphatic heterocycles. The van der Waals surface area contributed by atoms with Gasteiger partial charge in [0.25, 0.3) is 10.1 Å². The molecule has 0 aliphatic rings. The molecule has 0 amide bonds. The maximum absolute atomic E-state index is 10.6. The van der Waals surface area contributed by atoms with Crippen LogP contribution in [0.15, 0.2) is 29.2 Å². The second kappa shape index (κ2) is 5.45. The number of hydrogen-bond acceptors (Lipinski definition) is 3. The molecule has 0 saturated heterocycles. The van der Waals surface area contributed by atoms with Gasteiger partial charge in [0.15, 0.2) is 0 Å². The van der Waals surface area contributed by atoms with Crippen molar-refractivity contribution in [2.45, 2.75) is 4.90 Å². The van der Waals surface area contributed by atoms with E-state index in [1.807, 2.05) is 0 Å². The van der Waals surface area contributed by atoms with Crippen molar-refractivity contribution in [3.63, 3.8) is 0 Å². The summed E-state index contributed by atoms with van der Waals surface area (Å²) in [6.07, 6.45) is 0. The van der Waals surface area contributed by atoms with Crippen LogP contribution < -0.4 is 56.1 Å². The summed E-state index contributed by atoms with van der Waals surface area (Å²) in [5, 5.41) is 0. The third-order valence-corrected chi connectivity index (χ3v) is 2.19. The zero-order valence-corrected chi connectivity index (χ0v) is 11.3. The van der Waals surface area contributed by atoms with Crippen LogP contribution in [-0.2, 0) is 10.1 Å².